The molecule has 1 saturated heterocycles. The second-order valence-electron chi connectivity index (χ2n) is 11.6. The van der Waals surface area contributed by atoms with Gasteiger partial charge in [0, 0.05) is 49.7 Å². The zero-order valence-electron chi connectivity index (χ0n) is 24.1. The van der Waals surface area contributed by atoms with Crippen LogP contribution < -0.4 is 15.4 Å². The first-order chi connectivity index (χ1) is 19.6. The van der Waals surface area contributed by atoms with Crippen LogP contribution in [0, 0.1) is 0 Å². The zero-order chi connectivity index (χ0) is 29.0. The van der Waals surface area contributed by atoms with Gasteiger partial charge in [0.15, 0.2) is 0 Å². The molecule has 0 atom stereocenters. The molecule has 0 unspecified atom stereocenters. The minimum absolute atomic E-state index is 0.00807. The van der Waals surface area contributed by atoms with Gasteiger partial charge in [0.2, 0.25) is 5.91 Å². The highest BCUT2D eigenvalue weighted by atomic mass is 16.5. The lowest BCUT2D eigenvalue weighted by Crippen LogP contribution is -2.47. The molecule has 1 fully saturated rings. The van der Waals surface area contributed by atoms with Crippen molar-refractivity contribution in [1.29, 1.82) is 0 Å². The largest absolute Gasteiger partial charge is 0.457 e. The van der Waals surface area contributed by atoms with Crippen LogP contribution in [0.4, 0.5) is 11.5 Å². The molecule has 2 amide bonds. The number of carbonyl (C=O) groups excluding carboxylic acids is 2. The second-order valence-corrected chi connectivity index (χ2v) is 11.6. The third-order valence-corrected chi connectivity index (χ3v) is 7.26. The number of nitrogens with one attached hydrogen (secondary N) is 2. The van der Waals surface area contributed by atoms with Gasteiger partial charge in [0.1, 0.15) is 17.3 Å². The zero-order valence-corrected chi connectivity index (χ0v) is 24.1. The molecule has 41 heavy (non-hydrogen) atoms. The van der Waals surface area contributed by atoms with E-state index in [9.17, 15) is 9.59 Å². The summed E-state index contributed by atoms with van der Waals surface area (Å²) in [5.41, 5.74) is 2.48. The SMILES string of the molecule is CN1CCN(CC(=O)Nc2cc(Oc3ccc4ccc(C(=O)Nc5cccc(C(C)(C)C)c5)cc4c3)ccn2)CC1. The van der Waals surface area contributed by atoms with Gasteiger partial charge in [-0.25, -0.2) is 4.98 Å². The van der Waals surface area contributed by atoms with Crippen molar-refractivity contribution in [3.63, 3.8) is 0 Å². The lowest BCUT2D eigenvalue weighted by atomic mass is 9.87. The molecule has 2 heterocycles. The summed E-state index contributed by atoms with van der Waals surface area (Å²) >= 11 is 0. The summed E-state index contributed by atoms with van der Waals surface area (Å²) in [5.74, 6) is 1.35. The van der Waals surface area contributed by atoms with Gasteiger partial charge in [0.25, 0.3) is 5.91 Å². The molecule has 1 aliphatic heterocycles. The van der Waals surface area contributed by atoms with Crippen LogP contribution in [-0.4, -0.2) is 66.4 Å². The molecule has 8 nitrogen and oxygen atoms in total. The Morgan fingerprint density at radius 1 is 0.854 bits per heavy atom. The summed E-state index contributed by atoms with van der Waals surface area (Å²) in [7, 11) is 2.09. The lowest BCUT2D eigenvalue weighted by Gasteiger charge is -2.31. The molecular weight excluding hydrogens is 514 g/mol. The van der Waals surface area contributed by atoms with Crippen LogP contribution in [0.15, 0.2) is 79.0 Å². The lowest BCUT2D eigenvalue weighted by molar-refractivity contribution is -0.117. The first kappa shape index (κ1) is 28.3. The van der Waals surface area contributed by atoms with Crippen molar-refractivity contribution >= 4 is 34.1 Å². The molecule has 2 N–H and O–H groups in total. The van der Waals surface area contributed by atoms with E-state index >= 15 is 0 Å². The molecule has 212 valence electrons. The number of carbonyl (C=O) groups is 2. The third kappa shape index (κ3) is 7.48. The Morgan fingerprint density at radius 2 is 1.61 bits per heavy atom. The van der Waals surface area contributed by atoms with E-state index < -0.39 is 0 Å². The van der Waals surface area contributed by atoms with Crippen molar-refractivity contribution in [3.8, 4) is 11.5 Å². The fourth-order valence-corrected chi connectivity index (χ4v) is 4.77. The number of benzene rings is 3. The number of aromatic nitrogens is 1. The monoisotopic (exact) mass is 551 g/mol. The topological polar surface area (TPSA) is 86.8 Å². The van der Waals surface area contributed by atoms with Crippen LogP contribution in [0.5, 0.6) is 11.5 Å². The standard InChI is InChI=1S/C33H37N5O3/c1-33(2,3)26-6-5-7-27(20-26)35-32(40)24-9-8-23-10-11-28(19-25(23)18-24)41-29-12-13-34-30(21-29)36-31(39)22-38-16-14-37(4)15-17-38/h5-13,18-21H,14-17,22H2,1-4H3,(H,35,40)(H,34,36,39). The van der Waals surface area contributed by atoms with Crippen LogP contribution in [0.1, 0.15) is 36.7 Å². The number of ether oxygens (including phenoxy) is 1. The van der Waals surface area contributed by atoms with Gasteiger partial charge in [-0.05, 0) is 71.3 Å². The third-order valence-electron chi connectivity index (χ3n) is 7.26. The Balaban J connectivity index is 1.25. The first-order valence-electron chi connectivity index (χ1n) is 13.9. The van der Waals surface area contributed by atoms with E-state index in [0.29, 0.717) is 29.4 Å². The van der Waals surface area contributed by atoms with E-state index in [4.69, 9.17) is 4.74 Å². The van der Waals surface area contributed by atoms with Gasteiger partial charge in [-0.3, -0.25) is 14.5 Å². The van der Waals surface area contributed by atoms with Gasteiger partial charge in [0.05, 0.1) is 6.54 Å². The maximum atomic E-state index is 13.1. The summed E-state index contributed by atoms with van der Waals surface area (Å²) in [4.78, 5) is 34.3. The molecule has 4 aromatic rings. The Labute approximate surface area is 241 Å². The molecule has 0 spiro atoms. The molecule has 0 radical (unpaired) electrons. The number of pyridine rings is 1. The fraction of sp³-hybridized carbons (Fsp3) is 0.303. The van der Waals surface area contributed by atoms with Crippen molar-refractivity contribution in [1.82, 2.24) is 14.8 Å². The highest BCUT2D eigenvalue weighted by Gasteiger charge is 2.17. The first-order valence-corrected chi connectivity index (χ1v) is 13.9. The molecule has 1 aromatic heterocycles. The van der Waals surface area contributed by atoms with Crippen molar-refractivity contribution in [2.75, 3.05) is 50.4 Å². The molecule has 1 aliphatic rings. The number of hydrogen-bond donors (Lipinski definition) is 2. The molecule has 0 saturated carbocycles. The van der Waals surface area contributed by atoms with Crippen molar-refractivity contribution in [2.24, 2.45) is 0 Å². The molecule has 5 rings (SSSR count). The number of nitrogens with zero attached hydrogens (tertiary/aromatic N) is 3. The summed E-state index contributed by atoms with van der Waals surface area (Å²) in [5, 5.41) is 7.78. The Morgan fingerprint density at radius 3 is 2.39 bits per heavy atom. The highest BCUT2D eigenvalue weighted by molar-refractivity contribution is 6.06. The minimum atomic E-state index is -0.171. The van der Waals surface area contributed by atoms with E-state index in [0.717, 1.165) is 48.2 Å². The van der Waals surface area contributed by atoms with Gasteiger partial charge < -0.3 is 20.3 Å². The van der Waals surface area contributed by atoms with Crippen LogP contribution in [0.3, 0.4) is 0 Å². The number of piperazine rings is 1. The van der Waals surface area contributed by atoms with Gasteiger partial charge >= 0.3 is 0 Å². The number of hydrogen-bond acceptors (Lipinski definition) is 6. The fourth-order valence-electron chi connectivity index (χ4n) is 4.77. The van der Waals surface area contributed by atoms with Gasteiger partial charge in [-0.1, -0.05) is 45.0 Å². The minimum Gasteiger partial charge on any atom is -0.457 e. The maximum absolute atomic E-state index is 13.1. The van der Waals surface area contributed by atoms with Crippen LogP contribution in [-0.2, 0) is 10.2 Å². The number of amides is 2. The van der Waals surface area contributed by atoms with E-state index in [1.165, 1.54) is 0 Å². The van der Waals surface area contributed by atoms with E-state index in [1.807, 2.05) is 54.6 Å². The number of likely N-dealkylation sites (N-methyl/N-ethyl adjacent to an activating group) is 1. The molecule has 8 heteroatoms. The van der Waals surface area contributed by atoms with Crippen LogP contribution in [0.2, 0.25) is 0 Å². The average Bonchev–Trinajstić information content (AvgIpc) is 2.94. The second kappa shape index (κ2) is 12.1. The summed E-state index contributed by atoms with van der Waals surface area (Å²) < 4.78 is 6.10. The molecule has 0 bridgehead atoms. The number of rotatable bonds is 7. The average molecular weight is 552 g/mol. The van der Waals surface area contributed by atoms with Crippen LogP contribution >= 0.6 is 0 Å². The van der Waals surface area contributed by atoms with Gasteiger partial charge in [-0.15, -0.1) is 0 Å². The normalized spacial score (nSPS) is 14.5. The number of anilines is 2. The highest BCUT2D eigenvalue weighted by Crippen LogP contribution is 2.28. The van der Waals surface area contributed by atoms with Crippen LogP contribution in [0.25, 0.3) is 10.8 Å². The van der Waals surface area contributed by atoms with Gasteiger partial charge in [-0.2, -0.15) is 0 Å². The number of fused-ring (bicyclic) bond motifs is 1. The predicted molar refractivity (Wildman–Crippen MR) is 164 cm³/mol. The summed E-state index contributed by atoms with van der Waals surface area (Å²) in [6, 6.07) is 22.8. The van der Waals surface area contributed by atoms with E-state index in [-0.39, 0.29) is 17.2 Å². The molecule has 3 aromatic carbocycles. The summed E-state index contributed by atoms with van der Waals surface area (Å²) in [6.45, 7) is 10.4. The van der Waals surface area contributed by atoms with Crippen molar-refractivity contribution < 1.29 is 14.3 Å². The van der Waals surface area contributed by atoms with E-state index in [2.05, 4.69) is 59.3 Å². The van der Waals surface area contributed by atoms with Crippen molar-refractivity contribution in [3.05, 3.63) is 90.1 Å². The quantitative estimate of drug-likeness (QED) is 0.304. The maximum Gasteiger partial charge on any atom is 0.255 e. The predicted octanol–water partition coefficient (Wildman–Crippen LogP) is 5.76. The Hall–Kier alpha value is -4.27. The summed E-state index contributed by atoms with van der Waals surface area (Å²) in [6.07, 6.45) is 1.61. The van der Waals surface area contributed by atoms with E-state index in [1.54, 1.807) is 18.3 Å². The molecule has 0 aliphatic carbocycles. The Kier molecular flexibility index (Phi) is 8.33. The smallest absolute Gasteiger partial charge is 0.255 e. The molecular formula is C33H37N5O3. The van der Waals surface area contributed by atoms with Crippen molar-refractivity contribution in [2.45, 2.75) is 26.2 Å². The Bertz CT molecular complexity index is 1550.